The number of allylic oxidation sites excluding steroid dienone is 1. The van der Waals surface area contributed by atoms with E-state index in [2.05, 4.69) is 32.2 Å². The number of nitrogens with two attached hydrogens (primary N) is 1. The largest absolute Gasteiger partial charge is 0.454 e. The number of rotatable bonds is 2. The molecule has 0 radical (unpaired) electrons. The van der Waals surface area contributed by atoms with Crippen molar-refractivity contribution in [3.05, 3.63) is 69.5 Å². The lowest BCUT2D eigenvalue weighted by Gasteiger charge is -2.24. The van der Waals surface area contributed by atoms with Gasteiger partial charge in [-0.25, -0.2) is 0 Å². The van der Waals surface area contributed by atoms with Crippen molar-refractivity contribution >= 4 is 15.9 Å². The van der Waals surface area contributed by atoms with Gasteiger partial charge in [-0.15, -0.1) is 5.10 Å². The second-order valence-electron chi connectivity index (χ2n) is 6.36. The number of H-pyrrole nitrogens is 1. The molecule has 28 heavy (non-hydrogen) atoms. The Morgan fingerprint density at radius 1 is 1.14 bits per heavy atom. The van der Waals surface area contributed by atoms with Gasteiger partial charge in [0.25, 0.3) is 0 Å². The third kappa shape index (κ3) is 2.52. The summed E-state index contributed by atoms with van der Waals surface area (Å²) in [5.74, 6) is 1.37. The Labute approximate surface area is 168 Å². The number of nitriles is 1. The third-order valence-corrected chi connectivity index (χ3v) is 5.33. The molecule has 0 bridgehead atoms. The minimum Gasteiger partial charge on any atom is -0.454 e. The fourth-order valence-corrected chi connectivity index (χ4v) is 3.77. The van der Waals surface area contributed by atoms with Crippen molar-refractivity contribution in [1.82, 2.24) is 10.2 Å². The Kier molecular flexibility index (Phi) is 3.77. The molecule has 2 aromatic carbocycles. The van der Waals surface area contributed by atoms with E-state index < -0.39 is 5.92 Å². The fraction of sp³-hybridized carbons (Fsp3) is 0.100. The Morgan fingerprint density at radius 3 is 2.71 bits per heavy atom. The molecule has 8 heteroatoms. The van der Waals surface area contributed by atoms with E-state index in [4.69, 9.17) is 19.9 Å². The van der Waals surface area contributed by atoms with E-state index in [9.17, 15) is 5.26 Å². The number of hydrogen-bond acceptors (Lipinski definition) is 6. The molecule has 3 N–H and O–H groups in total. The third-order valence-electron chi connectivity index (χ3n) is 4.80. The lowest BCUT2D eigenvalue weighted by atomic mass is 9.83. The van der Waals surface area contributed by atoms with Crippen LogP contribution in [0.5, 0.6) is 17.4 Å². The molecule has 2 aliphatic rings. The molecule has 0 saturated heterocycles. The van der Waals surface area contributed by atoms with E-state index in [1.165, 1.54) is 0 Å². The molecule has 0 fully saturated rings. The van der Waals surface area contributed by atoms with Gasteiger partial charge in [0.15, 0.2) is 11.5 Å². The molecule has 1 aromatic heterocycles. The summed E-state index contributed by atoms with van der Waals surface area (Å²) in [4.78, 5) is 0. The predicted octanol–water partition coefficient (Wildman–Crippen LogP) is 3.79. The normalized spacial score (nSPS) is 17.1. The van der Waals surface area contributed by atoms with Crippen LogP contribution in [0.15, 0.2) is 58.4 Å². The highest BCUT2D eigenvalue weighted by Gasteiger charge is 2.35. The number of hydrogen-bond donors (Lipinski definition) is 2. The van der Waals surface area contributed by atoms with Gasteiger partial charge in [0.2, 0.25) is 18.6 Å². The summed E-state index contributed by atoms with van der Waals surface area (Å²) in [6, 6.07) is 15.6. The highest BCUT2D eigenvalue weighted by atomic mass is 79.9. The zero-order valence-electron chi connectivity index (χ0n) is 14.4. The second-order valence-corrected chi connectivity index (χ2v) is 7.28. The highest BCUT2D eigenvalue weighted by Crippen LogP contribution is 2.47. The molecule has 0 saturated carbocycles. The molecule has 0 unspecified atom stereocenters. The minimum atomic E-state index is -0.402. The van der Waals surface area contributed by atoms with Crippen molar-refractivity contribution in [3.8, 4) is 34.7 Å². The summed E-state index contributed by atoms with van der Waals surface area (Å²) < 4.78 is 17.5. The van der Waals surface area contributed by atoms with Crippen LogP contribution in [-0.4, -0.2) is 17.0 Å². The van der Waals surface area contributed by atoms with Crippen LogP contribution >= 0.6 is 15.9 Å². The van der Waals surface area contributed by atoms with Crippen LogP contribution < -0.4 is 19.9 Å². The number of aromatic amines is 1. The average Bonchev–Trinajstić information content (AvgIpc) is 3.33. The summed E-state index contributed by atoms with van der Waals surface area (Å²) in [7, 11) is 0. The van der Waals surface area contributed by atoms with Crippen LogP contribution in [-0.2, 0) is 0 Å². The standard InChI is InChI=1S/C20H13BrN4O3/c21-12-4-1-10(2-5-12)16-13(8-22)19(23)28-20-17(16)18(24-25-20)11-3-6-14-15(7-11)27-9-26-14/h1-7,16H,9,23H2,(H,24,25)/t16-/m0/s1. The molecule has 3 heterocycles. The first-order valence-corrected chi connectivity index (χ1v) is 9.26. The minimum absolute atomic E-state index is 0.0617. The molecule has 3 aromatic rings. The summed E-state index contributed by atoms with van der Waals surface area (Å²) in [5, 5.41) is 17.1. The average molecular weight is 437 g/mol. The van der Waals surface area contributed by atoms with Crippen LogP contribution in [0, 0.1) is 11.3 Å². The van der Waals surface area contributed by atoms with Gasteiger partial charge in [0, 0.05) is 10.0 Å². The van der Waals surface area contributed by atoms with E-state index in [0.29, 0.717) is 23.0 Å². The Bertz CT molecular complexity index is 1160. The fourth-order valence-electron chi connectivity index (χ4n) is 3.51. The van der Waals surface area contributed by atoms with E-state index in [0.717, 1.165) is 26.9 Å². The van der Waals surface area contributed by atoms with Gasteiger partial charge in [0.1, 0.15) is 11.6 Å². The summed E-state index contributed by atoms with van der Waals surface area (Å²) >= 11 is 3.45. The van der Waals surface area contributed by atoms with Gasteiger partial charge in [-0.3, -0.25) is 5.10 Å². The maximum absolute atomic E-state index is 9.75. The maximum atomic E-state index is 9.75. The first-order valence-electron chi connectivity index (χ1n) is 8.47. The van der Waals surface area contributed by atoms with Crippen LogP contribution in [0.1, 0.15) is 17.0 Å². The van der Waals surface area contributed by atoms with Crippen molar-refractivity contribution < 1.29 is 14.2 Å². The number of nitrogens with one attached hydrogen (secondary N) is 1. The number of benzene rings is 2. The van der Waals surface area contributed by atoms with Crippen molar-refractivity contribution in [1.29, 1.82) is 5.26 Å². The molecule has 0 spiro atoms. The first-order chi connectivity index (χ1) is 13.7. The Hall–Kier alpha value is -3.44. The maximum Gasteiger partial charge on any atom is 0.244 e. The number of ether oxygens (including phenoxy) is 3. The van der Waals surface area contributed by atoms with Crippen LogP contribution in [0.3, 0.4) is 0 Å². The van der Waals surface area contributed by atoms with Gasteiger partial charge in [-0.05, 0) is 35.9 Å². The summed E-state index contributed by atoms with van der Waals surface area (Å²) in [5.41, 5.74) is 9.62. The summed E-state index contributed by atoms with van der Waals surface area (Å²) in [6.45, 7) is 0.197. The van der Waals surface area contributed by atoms with E-state index in [1.807, 2.05) is 42.5 Å². The van der Waals surface area contributed by atoms with Crippen LogP contribution in [0.25, 0.3) is 11.3 Å². The SMILES string of the molecule is N#CC1=C(N)Oc2n[nH]c(-c3ccc4c(c3)OCO4)c2[C@H]1c1ccc(Br)cc1. The van der Waals surface area contributed by atoms with E-state index in [1.54, 1.807) is 0 Å². The molecule has 5 rings (SSSR count). The Balaban J connectivity index is 1.70. The molecule has 2 aliphatic heterocycles. The molecule has 0 amide bonds. The molecular formula is C20H13BrN4O3. The van der Waals surface area contributed by atoms with Gasteiger partial charge in [-0.2, -0.15) is 5.26 Å². The molecule has 0 aliphatic carbocycles. The summed E-state index contributed by atoms with van der Waals surface area (Å²) in [6.07, 6.45) is 0. The first kappa shape index (κ1) is 16.7. The van der Waals surface area contributed by atoms with Gasteiger partial charge in [0.05, 0.1) is 17.2 Å². The monoisotopic (exact) mass is 436 g/mol. The number of nitrogens with zero attached hydrogens (tertiary/aromatic N) is 2. The predicted molar refractivity (Wildman–Crippen MR) is 104 cm³/mol. The van der Waals surface area contributed by atoms with Crippen LogP contribution in [0.2, 0.25) is 0 Å². The van der Waals surface area contributed by atoms with Crippen molar-refractivity contribution in [3.63, 3.8) is 0 Å². The van der Waals surface area contributed by atoms with Crippen molar-refractivity contribution in [2.45, 2.75) is 5.92 Å². The van der Waals surface area contributed by atoms with Gasteiger partial charge in [-0.1, -0.05) is 28.1 Å². The van der Waals surface area contributed by atoms with E-state index >= 15 is 0 Å². The highest BCUT2D eigenvalue weighted by molar-refractivity contribution is 9.10. The van der Waals surface area contributed by atoms with Gasteiger partial charge < -0.3 is 19.9 Å². The van der Waals surface area contributed by atoms with E-state index in [-0.39, 0.29) is 12.7 Å². The lowest BCUT2D eigenvalue weighted by Crippen LogP contribution is -2.20. The number of halogens is 1. The van der Waals surface area contributed by atoms with Gasteiger partial charge >= 0.3 is 0 Å². The zero-order chi connectivity index (χ0) is 19.3. The Morgan fingerprint density at radius 2 is 1.93 bits per heavy atom. The zero-order valence-corrected chi connectivity index (χ0v) is 16.0. The lowest BCUT2D eigenvalue weighted by molar-refractivity contribution is 0.174. The van der Waals surface area contributed by atoms with Crippen molar-refractivity contribution in [2.24, 2.45) is 5.73 Å². The van der Waals surface area contributed by atoms with Crippen LogP contribution in [0.4, 0.5) is 0 Å². The quantitative estimate of drug-likeness (QED) is 0.632. The molecule has 7 nitrogen and oxygen atoms in total. The number of aromatic nitrogens is 2. The smallest absolute Gasteiger partial charge is 0.244 e. The topological polar surface area (TPSA) is 106 Å². The molecule has 138 valence electrons. The number of fused-ring (bicyclic) bond motifs is 2. The molecule has 1 atom stereocenters. The van der Waals surface area contributed by atoms with Crippen molar-refractivity contribution in [2.75, 3.05) is 6.79 Å². The second kappa shape index (κ2) is 6.32. The molecular weight excluding hydrogens is 424 g/mol.